The van der Waals surface area contributed by atoms with Crippen molar-refractivity contribution in [3.05, 3.63) is 28.2 Å². The second kappa shape index (κ2) is 5.22. The predicted molar refractivity (Wildman–Crippen MR) is 73.2 cm³/mol. The molecule has 0 atom stereocenters. The minimum Gasteiger partial charge on any atom is -0.492 e. The Labute approximate surface area is 107 Å². The van der Waals surface area contributed by atoms with Crippen molar-refractivity contribution in [2.45, 2.75) is 40.5 Å². The van der Waals surface area contributed by atoms with Gasteiger partial charge in [0.05, 0.1) is 11.1 Å². The second-order valence-electron chi connectivity index (χ2n) is 5.69. The highest BCUT2D eigenvalue weighted by Gasteiger charge is 2.12. The maximum Gasteiger partial charge on any atom is 0.133 e. The highest BCUT2D eigenvalue weighted by Crippen LogP contribution is 2.30. The number of benzene rings is 1. The average Bonchev–Trinajstić information content (AvgIpc) is 2.14. The molecule has 0 radical (unpaired) electrons. The zero-order valence-corrected chi connectivity index (χ0v) is 12.4. The van der Waals surface area contributed by atoms with Crippen LogP contribution in [0.15, 0.2) is 22.7 Å². The van der Waals surface area contributed by atoms with Crippen molar-refractivity contribution in [1.82, 2.24) is 0 Å². The van der Waals surface area contributed by atoms with E-state index >= 15 is 0 Å². The van der Waals surface area contributed by atoms with Crippen molar-refractivity contribution >= 4 is 15.9 Å². The molecule has 0 spiro atoms. The summed E-state index contributed by atoms with van der Waals surface area (Å²) in [6, 6.07) is 6.32. The Balaban J connectivity index is 2.76. The number of hydrogen-bond donors (Lipinski definition) is 0. The number of hydrogen-bond acceptors (Lipinski definition) is 1. The minimum atomic E-state index is 0.191. The van der Waals surface area contributed by atoms with Gasteiger partial charge in [-0.05, 0) is 45.0 Å². The standard InChI is InChI=1S/C14H21BrO/c1-10(2)11-6-7-13(12(15)8-11)16-9-14(3,4)5/h6-8,10H,9H2,1-5H3. The zero-order chi connectivity index (χ0) is 12.3. The summed E-state index contributed by atoms with van der Waals surface area (Å²) in [5.74, 6) is 1.48. The molecule has 0 saturated carbocycles. The van der Waals surface area contributed by atoms with Gasteiger partial charge in [-0.15, -0.1) is 0 Å². The van der Waals surface area contributed by atoms with E-state index in [9.17, 15) is 0 Å². The van der Waals surface area contributed by atoms with Gasteiger partial charge < -0.3 is 4.74 Å². The fraction of sp³-hybridized carbons (Fsp3) is 0.571. The largest absolute Gasteiger partial charge is 0.492 e. The lowest BCUT2D eigenvalue weighted by Gasteiger charge is -2.20. The summed E-state index contributed by atoms with van der Waals surface area (Å²) in [6.45, 7) is 11.6. The first kappa shape index (κ1) is 13.6. The molecule has 0 aliphatic rings. The molecule has 0 unspecified atom stereocenters. The third-order valence-corrected chi connectivity index (χ3v) is 2.90. The molecule has 90 valence electrons. The van der Waals surface area contributed by atoms with Crippen LogP contribution in [0.25, 0.3) is 0 Å². The van der Waals surface area contributed by atoms with Gasteiger partial charge >= 0.3 is 0 Å². The van der Waals surface area contributed by atoms with Crippen LogP contribution in [0.1, 0.15) is 46.1 Å². The predicted octanol–water partition coefficient (Wildman–Crippen LogP) is 5.00. The Bertz CT molecular complexity index is 350. The molecule has 0 N–H and O–H groups in total. The van der Waals surface area contributed by atoms with Crippen LogP contribution in [-0.4, -0.2) is 6.61 Å². The van der Waals surface area contributed by atoms with E-state index in [-0.39, 0.29) is 5.41 Å². The fourth-order valence-electron chi connectivity index (χ4n) is 1.29. The maximum absolute atomic E-state index is 5.79. The first-order valence-electron chi connectivity index (χ1n) is 5.72. The lowest BCUT2D eigenvalue weighted by molar-refractivity contribution is 0.197. The van der Waals surface area contributed by atoms with E-state index in [2.05, 4.69) is 62.7 Å². The Morgan fingerprint density at radius 1 is 1.25 bits per heavy atom. The SMILES string of the molecule is CC(C)c1ccc(OCC(C)(C)C)c(Br)c1. The van der Waals surface area contributed by atoms with Gasteiger partial charge in [0, 0.05) is 0 Å². The lowest BCUT2D eigenvalue weighted by Crippen LogP contribution is -2.17. The van der Waals surface area contributed by atoms with Crippen molar-refractivity contribution in [2.24, 2.45) is 5.41 Å². The lowest BCUT2D eigenvalue weighted by atomic mass is 9.98. The maximum atomic E-state index is 5.79. The molecule has 0 aromatic heterocycles. The molecule has 2 heteroatoms. The van der Waals surface area contributed by atoms with E-state index in [0.29, 0.717) is 5.92 Å². The first-order chi connectivity index (χ1) is 7.29. The zero-order valence-electron chi connectivity index (χ0n) is 10.8. The van der Waals surface area contributed by atoms with Gasteiger partial charge in [0.1, 0.15) is 5.75 Å². The molecule has 1 rings (SSSR count). The minimum absolute atomic E-state index is 0.191. The molecule has 0 saturated heterocycles. The second-order valence-corrected chi connectivity index (χ2v) is 6.55. The van der Waals surface area contributed by atoms with Crippen LogP contribution in [0.4, 0.5) is 0 Å². The monoisotopic (exact) mass is 284 g/mol. The van der Waals surface area contributed by atoms with Crippen molar-refractivity contribution < 1.29 is 4.74 Å². The van der Waals surface area contributed by atoms with Gasteiger partial charge in [0.2, 0.25) is 0 Å². The molecular formula is C14H21BrO. The number of halogens is 1. The van der Waals surface area contributed by atoms with Crippen LogP contribution < -0.4 is 4.74 Å². The summed E-state index contributed by atoms with van der Waals surface area (Å²) >= 11 is 3.56. The average molecular weight is 285 g/mol. The van der Waals surface area contributed by atoms with Gasteiger partial charge in [-0.25, -0.2) is 0 Å². The quantitative estimate of drug-likeness (QED) is 0.759. The fourth-order valence-corrected chi connectivity index (χ4v) is 1.80. The van der Waals surface area contributed by atoms with Gasteiger partial charge in [0.25, 0.3) is 0 Å². The van der Waals surface area contributed by atoms with Crippen LogP contribution in [0.2, 0.25) is 0 Å². The van der Waals surface area contributed by atoms with Gasteiger partial charge in [-0.3, -0.25) is 0 Å². The summed E-state index contributed by atoms with van der Waals surface area (Å²) in [4.78, 5) is 0. The van der Waals surface area contributed by atoms with E-state index in [0.717, 1.165) is 16.8 Å². The van der Waals surface area contributed by atoms with E-state index in [1.807, 2.05) is 6.07 Å². The van der Waals surface area contributed by atoms with Crippen molar-refractivity contribution in [3.63, 3.8) is 0 Å². The van der Waals surface area contributed by atoms with E-state index in [1.165, 1.54) is 5.56 Å². The molecule has 1 aromatic carbocycles. The molecule has 16 heavy (non-hydrogen) atoms. The third kappa shape index (κ3) is 4.17. The summed E-state index contributed by atoms with van der Waals surface area (Å²) < 4.78 is 6.83. The van der Waals surface area contributed by atoms with Crippen LogP contribution in [0.3, 0.4) is 0 Å². The smallest absolute Gasteiger partial charge is 0.133 e. The van der Waals surface area contributed by atoms with Gasteiger partial charge in [-0.1, -0.05) is 40.7 Å². The summed E-state index contributed by atoms with van der Waals surface area (Å²) in [7, 11) is 0. The van der Waals surface area contributed by atoms with E-state index in [1.54, 1.807) is 0 Å². The van der Waals surface area contributed by atoms with Gasteiger partial charge in [0.15, 0.2) is 0 Å². The Kier molecular flexibility index (Phi) is 4.43. The van der Waals surface area contributed by atoms with Crippen LogP contribution in [0.5, 0.6) is 5.75 Å². The van der Waals surface area contributed by atoms with E-state index < -0.39 is 0 Å². The number of rotatable bonds is 3. The van der Waals surface area contributed by atoms with Crippen molar-refractivity contribution in [2.75, 3.05) is 6.61 Å². The summed E-state index contributed by atoms with van der Waals surface area (Å²) in [5.41, 5.74) is 1.52. The Hall–Kier alpha value is -0.500. The molecule has 0 aliphatic carbocycles. The topological polar surface area (TPSA) is 9.23 Å². The third-order valence-electron chi connectivity index (χ3n) is 2.28. The first-order valence-corrected chi connectivity index (χ1v) is 6.51. The Morgan fingerprint density at radius 2 is 1.88 bits per heavy atom. The molecule has 0 fully saturated rings. The highest BCUT2D eigenvalue weighted by atomic mass is 79.9. The molecule has 1 aromatic rings. The summed E-state index contributed by atoms with van der Waals surface area (Å²) in [6.07, 6.45) is 0. The molecule has 0 heterocycles. The van der Waals surface area contributed by atoms with Crippen LogP contribution in [-0.2, 0) is 0 Å². The summed E-state index contributed by atoms with van der Waals surface area (Å²) in [5, 5.41) is 0. The molecule has 0 bridgehead atoms. The molecule has 0 aliphatic heterocycles. The van der Waals surface area contributed by atoms with Crippen molar-refractivity contribution in [1.29, 1.82) is 0 Å². The molecule has 0 amide bonds. The van der Waals surface area contributed by atoms with Crippen molar-refractivity contribution in [3.8, 4) is 5.75 Å². The van der Waals surface area contributed by atoms with E-state index in [4.69, 9.17) is 4.74 Å². The van der Waals surface area contributed by atoms with Crippen LogP contribution >= 0.6 is 15.9 Å². The van der Waals surface area contributed by atoms with Gasteiger partial charge in [-0.2, -0.15) is 0 Å². The highest BCUT2D eigenvalue weighted by molar-refractivity contribution is 9.10. The molecular weight excluding hydrogens is 264 g/mol. The Morgan fingerprint density at radius 3 is 2.31 bits per heavy atom. The van der Waals surface area contributed by atoms with Crippen LogP contribution in [0, 0.1) is 5.41 Å². The number of ether oxygens (including phenoxy) is 1. The normalized spacial score (nSPS) is 11.9. The molecule has 1 nitrogen and oxygen atoms in total.